The van der Waals surface area contributed by atoms with Crippen molar-refractivity contribution in [2.24, 2.45) is 0 Å². The van der Waals surface area contributed by atoms with Crippen LogP contribution in [0, 0.1) is 5.82 Å². The summed E-state index contributed by atoms with van der Waals surface area (Å²) in [7, 11) is 0. The molecule has 1 nitrogen and oxygen atoms in total. The lowest BCUT2D eigenvalue weighted by molar-refractivity contribution is 0.103. The molecule has 2 aromatic carbocycles. The van der Waals surface area contributed by atoms with E-state index in [4.69, 9.17) is 0 Å². The summed E-state index contributed by atoms with van der Waals surface area (Å²) in [6.45, 7) is 0. The van der Waals surface area contributed by atoms with E-state index >= 15 is 0 Å². The Bertz CT molecular complexity index is 537. The summed E-state index contributed by atoms with van der Waals surface area (Å²) >= 11 is 1.45. The van der Waals surface area contributed by atoms with Crippen LogP contribution < -0.4 is 0 Å². The molecule has 0 radical (unpaired) electrons. The first-order valence-electron chi connectivity index (χ1n) is 5.15. The third-order valence-electron chi connectivity index (χ3n) is 2.46. The van der Waals surface area contributed by atoms with E-state index in [2.05, 4.69) is 0 Å². The fourth-order valence-electron chi connectivity index (χ4n) is 1.55. The maximum Gasteiger partial charge on any atom is 0.195 e. The van der Waals surface area contributed by atoms with Crippen molar-refractivity contribution in [3.05, 3.63) is 65.5 Å². The first kappa shape index (κ1) is 11.9. The van der Waals surface area contributed by atoms with Crippen LogP contribution in [0.15, 0.2) is 53.4 Å². The number of benzene rings is 2. The van der Waals surface area contributed by atoms with E-state index < -0.39 is 5.82 Å². The highest BCUT2D eigenvalue weighted by atomic mass is 32.2. The fourth-order valence-corrected chi connectivity index (χ4v) is 1.98. The number of carbonyl (C=O) groups excluding carboxylic acids is 1. The second-order valence-electron chi connectivity index (χ2n) is 3.54. The molecule has 0 aliphatic heterocycles. The number of rotatable bonds is 3. The largest absolute Gasteiger partial charge is 0.288 e. The van der Waals surface area contributed by atoms with Crippen molar-refractivity contribution in [1.82, 2.24) is 0 Å². The molecule has 0 N–H and O–H groups in total. The van der Waals surface area contributed by atoms with Crippen molar-refractivity contribution >= 4 is 17.5 Å². The fraction of sp³-hybridized carbons (Fsp3) is 0.0714. The number of hydrogen-bond donors (Lipinski definition) is 0. The molecule has 86 valence electrons. The number of thioether (sulfide) groups is 1. The summed E-state index contributed by atoms with van der Waals surface area (Å²) in [6.07, 6.45) is 1.87. The van der Waals surface area contributed by atoms with Crippen molar-refractivity contribution < 1.29 is 9.18 Å². The number of halogens is 1. The lowest BCUT2D eigenvalue weighted by atomic mass is 10.0. The topological polar surface area (TPSA) is 17.1 Å². The molecule has 0 aromatic heterocycles. The van der Waals surface area contributed by atoms with Gasteiger partial charge in [0.05, 0.1) is 5.56 Å². The molecule has 2 rings (SSSR count). The summed E-state index contributed by atoms with van der Waals surface area (Å²) in [5, 5.41) is 0. The molecule has 17 heavy (non-hydrogen) atoms. The maximum absolute atomic E-state index is 13.7. The van der Waals surface area contributed by atoms with Crippen LogP contribution in [0.5, 0.6) is 0 Å². The monoisotopic (exact) mass is 246 g/mol. The van der Waals surface area contributed by atoms with Crippen molar-refractivity contribution in [2.75, 3.05) is 6.26 Å². The Morgan fingerprint density at radius 2 is 1.82 bits per heavy atom. The Balaban J connectivity index is 2.38. The lowest BCUT2D eigenvalue weighted by Crippen LogP contribution is -2.03. The first-order chi connectivity index (χ1) is 8.22. The van der Waals surface area contributed by atoms with Crippen molar-refractivity contribution in [1.29, 1.82) is 0 Å². The Morgan fingerprint density at radius 3 is 2.41 bits per heavy atom. The van der Waals surface area contributed by atoms with Gasteiger partial charge in [0.15, 0.2) is 5.78 Å². The Morgan fingerprint density at radius 1 is 1.12 bits per heavy atom. The van der Waals surface area contributed by atoms with Gasteiger partial charge in [-0.15, -0.1) is 11.8 Å². The van der Waals surface area contributed by atoms with Crippen LogP contribution in [0.4, 0.5) is 4.39 Å². The molecular weight excluding hydrogens is 235 g/mol. The van der Waals surface area contributed by atoms with Gasteiger partial charge in [-0.25, -0.2) is 4.39 Å². The predicted octanol–water partition coefficient (Wildman–Crippen LogP) is 3.78. The van der Waals surface area contributed by atoms with E-state index in [0.717, 1.165) is 4.90 Å². The van der Waals surface area contributed by atoms with Crippen LogP contribution in [0.1, 0.15) is 15.9 Å². The van der Waals surface area contributed by atoms with Crippen LogP contribution in [0.25, 0.3) is 0 Å². The third kappa shape index (κ3) is 2.56. The molecule has 0 atom stereocenters. The zero-order valence-corrected chi connectivity index (χ0v) is 10.1. The second-order valence-corrected chi connectivity index (χ2v) is 4.42. The van der Waals surface area contributed by atoms with Gasteiger partial charge in [0.25, 0.3) is 0 Å². The van der Waals surface area contributed by atoms with E-state index in [1.807, 2.05) is 12.3 Å². The molecule has 0 aliphatic carbocycles. The zero-order valence-electron chi connectivity index (χ0n) is 9.31. The van der Waals surface area contributed by atoms with Crippen LogP contribution in [0.2, 0.25) is 0 Å². The summed E-state index contributed by atoms with van der Waals surface area (Å²) in [4.78, 5) is 12.8. The highest BCUT2D eigenvalue weighted by Crippen LogP contribution is 2.20. The minimum Gasteiger partial charge on any atom is -0.288 e. The van der Waals surface area contributed by atoms with Gasteiger partial charge in [-0.3, -0.25) is 4.79 Å². The Kier molecular flexibility index (Phi) is 3.59. The predicted molar refractivity (Wildman–Crippen MR) is 68.1 cm³/mol. The van der Waals surface area contributed by atoms with Crippen LogP contribution in [0.3, 0.4) is 0 Å². The van der Waals surface area contributed by atoms with Gasteiger partial charge in [0, 0.05) is 10.5 Å². The van der Waals surface area contributed by atoms with E-state index in [9.17, 15) is 9.18 Å². The summed E-state index contributed by atoms with van der Waals surface area (Å²) in [6, 6.07) is 13.4. The molecule has 0 saturated heterocycles. The van der Waals surface area contributed by atoms with Crippen LogP contribution in [-0.2, 0) is 0 Å². The highest BCUT2D eigenvalue weighted by molar-refractivity contribution is 7.98. The number of carbonyl (C=O) groups is 1. The van der Waals surface area contributed by atoms with Crippen molar-refractivity contribution in [3.63, 3.8) is 0 Å². The van der Waals surface area contributed by atoms with E-state index in [1.54, 1.807) is 30.3 Å². The molecule has 0 spiro atoms. The van der Waals surface area contributed by atoms with Gasteiger partial charge in [0.2, 0.25) is 0 Å². The average Bonchev–Trinajstić information content (AvgIpc) is 2.39. The Hall–Kier alpha value is -1.61. The quantitative estimate of drug-likeness (QED) is 0.605. The Labute approximate surface area is 104 Å². The van der Waals surface area contributed by atoms with Gasteiger partial charge < -0.3 is 0 Å². The standard InChI is InChI=1S/C14H11FOS/c1-17-11-7-8-12(13(15)9-11)14(16)10-5-3-2-4-6-10/h2-9H,1H3. The second kappa shape index (κ2) is 5.15. The number of ketones is 1. The van der Waals surface area contributed by atoms with E-state index in [0.29, 0.717) is 5.56 Å². The zero-order chi connectivity index (χ0) is 12.3. The van der Waals surface area contributed by atoms with Gasteiger partial charge in [0.1, 0.15) is 5.82 Å². The van der Waals surface area contributed by atoms with Crippen LogP contribution in [-0.4, -0.2) is 12.0 Å². The maximum atomic E-state index is 13.7. The molecule has 0 bridgehead atoms. The first-order valence-corrected chi connectivity index (χ1v) is 6.38. The summed E-state index contributed by atoms with van der Waals surface area (Å²) < 4.78 is 13.7. The SMILES string of the molecule is CSc1ccc(C(=O)c2ccccc2)c(F)c1. The molecule has 2 aromatic rings. The van der Waals surface area contributed by atoms with Crippen molar-refractivity contribution in [3.8, 4) is 0 Å². The van der Waals surface area contributed by atoms with Gasteiger partial charge in [-0.1, -0.05) is 30.3 Å². The lowest BCUT2D eigenvalue weighted by Gasteiger charge is -2.04. The molecule has 0 amide bonds. The van der Waals surface area contributed by atoms with Crippen LogP contribution >= 0.6 is 11.8 Å². The number of hydrogen-bond acceptors (Lipinski definition) is 2. The average molecular weight is 246 g/mol. The van der Waals surface area contributed by atoms with Gasteiger partial charge in [-0.2, -0.15) is 0 Å². The normalized spacial score (nSPS) is 10.2. The molecular formula is C14H11FOS. The smallest absolute Gasteiger partial charge is 0.195 e. The summed E-state index contributed by atoms with van der Waals surface area (Å²) in [5.41, 5.74) is 0.623. The van der Waals surface area contributed by atoms with E-state index in [1.165, 1.54) is 23.9 Å². The molecule has 3 heteroatoms. The minimum atomic E-state index is -0.467. The van der Waals surface area contributed by atoms with Crippen molar-refractivity contribution in [2.45, 2.75) is 4.90 Å². The minimum absolute atomic E-state index is 0.119. The third-order valence-corrected chi connectivity index (χ3v) is 3.18. The molecule has 0 fully saturated rings. The molecule has 0 aliphatic rings. The van der Waals surface area contributed by atoms with Gasteiger partial charge in [-0.05, 0) is 24.5 Å². The summed E-state index contributed by atoms with van der Waals surface area (Å²) in [5.74, 6) is -0.749. The molecule has 0 heterocycles. The van der Waals surface area contributed by atoms with Gasteiger partial charge >= 0.3 is 0 Å². The highest BCUT2D eigenvalue weighted by Gasteiger charge is 2.13. The molecule has 0 unspecified atom stereocenters. The molecule has 0 saturated carbocycles. The van der Waals surface area contributed by atoms with E-state index in [-0.39, 0.29) is 11.3 Å².